The second kappa shape index (κ2) is 9.84. The summed E-state index contributed by atoms with van der Waals surface area (Å²) in [6, 6.07) is 13.8. The van der Waals surface area contributed by atoms with Crippen LogP contribution in [-0.4, -0.2) is 64.6 Å². The van der Waals surface area contributed by atoms with Gasteiger partial charge in [-0.25, -0.2) is 0 Å². The summed E-state index contributed by atoms with van der Waals surface area (Å²) >= 11 is 0. The molecular formula is C22H24N6O3. The van der Waals surface area contributed by atoms with E-state index < -0.39 is 0 Å². The van der Waals surface area contributed by atoms with Gasteiger partial charge in [-0.15, -0.1) is 0 Å². The molecule has 0 bridgehead atoms. The first-order valence-corrected chi connectivity index (χ1v) is 10.3. The number of carbonyl (C=O) groups is 2. The smallest absolute Gasteiger partial charge is 0.242 e. The lowest BCUT2D eigenvalue weighted by molar-refractivity contribution is -0.133. The number of pyridine rings is 1. The number of para-hydroxylation sites is 1. The Kier molecular flexibility index (Phi) is 6.51. The van der Waals surface area contributed by atoms with E-state index in [1.54, 1.807) is 23.4 Å². The normalized spacial score (nSPS) is 13.8. The molecule has 0 atom stereocenters. The molecule has 1 aliphatic heterocycles. The summed E-state index contributed by atoms with van der Waals surface area (Å²) in [6.07, 6.45) is 3.79. The summed E-state index contributed by atoms with van der Waals surface area (Å²) in [7, 11) is 0. The molecule has 4 rings (SSSR count). The first-order chi connectivity index (χ1) is 15.2. The monoisotopic (exact) mass is 420 g/mol. The minimum absolute atomic E-state index is 0.00502. The van der Waals surface area contributed by atoms with Gasteiger partial charge in [0.25, 0.3) is 0 Å². The molecule has 1 N–H and O–H groups in total. The molecule has 0 saturated carbocycles. The first kappa shape index (κ1) is 20.5. The van der Waals surface area contributed by atoms with Crippen LogP contribution in [0.1, 0.15) is 12.3 Å². The van der Waals surface area contributed by atoms with Crippen LogP contribution in [0, 0.1) is 0 Å². The van der Waals surface area contributed by atoms with Crippen LogP contribution in [-0.2, 0) is 16.0 Å². The van der Waals surface area contributed by atoms with Crippen LogP contribution < -0.4 is 10.2 Å². The fourth-order valence-electron chi connectivity index (χ4n) is 3.42. The Morgan fingerprint density at radius 3 is 2.58 bits per heavy atom. The summed E-state index contributed by atoms with van der Waals surface area (Å²) in [5.41, 5.74) is 1.91. The molecule has 1 fully saturated rings. The van der Waals surface area contributed by atoms with E-state index in [0.29, 0.717) is 31.2 Å². The summed E-state index contributed by atoms with van der Waals surface area (Å²) in [5, 5.41) is 6.59. The van der Waals surface area contributed by atoms with Gasteiger partial charge in [-0.05, 0) is 24.3 Å². The van der Waals surface area contributed by atoms with E-state index in [2.05, 4.69) is 37.5 Å². The van der Waals surface area contributed by atoms with Gasteiger partial charge in [0.1, 0.15) is 0 Å². The van der Waals surface area contributed by atoms with Gasteiger partial charge in [0.15, 0.2) is 0 Å². The zero-order valence-electron chi connectivity index (χ0n) is 17.1. The number of benzene rings is 1. The molecule has 3 aromatic rings. The van der Waals surface area contributed by atoms with Gasteiger partial charge < -0.3 is 19.6 Å². The minimum atomic E-state index is -0.225. The number of hydrogen-bond donors (Lipinski definition) is 1. The quantitative estimate of drug-likeness (QED) is 0.618. The molecular weight excluding hydrogens is 396 g/mol. The van der Waals surface area contributed by atoms with E-state index >= 15 is 0 Å². The molecule has 0 spiro atoms. The minimum Gasteiger partial charge on any atom is -0.368 e. The number of piperazine rings is 1. The van der Waals surface area contributed by atoms with Crippen LogP contribution in [0.5, 0.6) is 0 Å². The summed E-state index contributed by atoms with van der Waals surface area (Å²) < 4.78 is 5.19. The molecule has 0 radical (unpaired) electrons. The Bertz CT molecular complexity index is 1000. The Labute approximate surface area is 180 Å². The van der Waals surface area contributed by atoms with Gasteiger partial charge in [-0.3, -0.25) is 14.6 Å². The molecule has 160 valence electrons. The lowest BCUT2D eigenvalue weighted by atomic mass is 10.2. The molecule has 0 unspecified atom stereocenters. The second-order valence-corrected chi connectivity index (χ2v) is 7.23. The first-order valence-electron chi connectivity index (χ1n) is 10.3. The van der Waals surface area contributed by atoms with Gasteiger partial charge in [-0.1, -0.05) is 23.4 Å². The van der Waals surface area contributed by atoms with E-state index in [1.165, 1.54) is 0 Å². The molecule has 0 aliphatic carbocycles. The lowest BCUT2D eigenvalue weighted by Gasteiger charge is -2.36. The van der Waals surface area contributed by atoms with Crippen LogP contribution in [0.3, 0.4) is 0 Å². The maximum atomic E-state index is 12.4. The second-order valence-electron chi connectivity index (χ2n) is 7.23. The van der Waals surface area contributed by atoms with Crippen molar-refractivity contribution in [1.29, 1.82) is 0 Å². The highest BCUT2D eigenvalue weighted by atomic mass is 16.5. The molecule has 3 heterocycles. The fourth-order valence-corrected chi connectivity index (χ4v) is 3.42. The Morgan fingerprint density at radius 1 is 1.03 bits per heavy atom. The number of amides is 2. The zero-order chi connectivity index (χ0) is 21.5. The average Bonchev–Trinajstić information content (AvgIpc) is 3.31. The highest BCUT2D eigenvalue weighted by Gasteiger charge is 2.21. The highest BCUT2D eigenvalue weighted by Crippen LogP contribution is 2.16. The van der Waals surface area contributed by atoms with Gasteiger partial charge in [0, 0.05) is 62.7 Å². The molecule has 1 aliphatic rings. The number of aryl methyl sites for hydroxylation is 1. The average molecular weight is 420 g/mol. The topological polar surface area (TPSA) is 104 Å². The van der Waals surface area contributed by atoms with Gasteiger partial charge >= 0.3 is 0 Å². The molecule has 1 aromatic carbocycles. The Morgan fingerprint density at radius 2 is 1.84 bits per heavy atom. The summed E-state index contributed by atoms with van der Waals surface area (Å²) in [4.78, 5) is 36.9. The maximum Gasteiger partial charge on any atom is 0.242 e. The van der Waals surface area contributed by atoms with E-state index in [-0.39, 0.29) is 24.8 Å². The van der Waals surface area contributed by atoms with Crippen molar-refractivity contribution in [2.45, 2.75) is 12.8 Å². The van der Waals surface area contributed by atoms with Crippen LogP contribution >= 0.6 is 0 Å². The number of rotatable bonds is 7. The fraction of sp³-hybridized carbons (Fsp3) is 0.318. The van der Waals surface area contributed by atoms with Gasteiger partial charge in [-0.2, -0.15) is 4.98 Å². The van der Waals surface area contributed by atoms with E-state index in [1.807, 2.05) is 24.3 Å². The molecule has 9 heteroatoms. The van der Waals surface area contributed by atoms with Crippen molar-refractivity contribution in [1.82, 2.24) is 25.3 Å². The lowest BCUT2D eigenvalue weighted by Crippen LogP contribution is -2.51. The van der Waals surface area contributed by atoms with E-state index in [9.17, 15) is 9.59 Å². The van der Waals surface area contributed by atoms with Crippen molar-refractivity contribution in [3.8, 4) is 11.4 Å². The van der Waals surface area contributed by atoms with Crippen molar-refractivity contribution >= 4 is 17.5 Å². The number of nitrogens with one attached hydrogen (secondary N) is 1. The summed E-state index contributed by atoms with van der Waals surface area (Å²) in [5.74, 6) is 0.515. The molecule has 1 saturated heterocycles. The van der Waals surface area contributed by atoms with Gasteiger partial charge in [0.2, 0.25) is 23.5 Å². The number of hydrogen-bond acceptors (Lipinski definition) is 7. The van der Waals surface area contributed by atoms with E-state index in [0.717, 1.165) is 24.3 Å². The SMILES string of the molecule is O=C(CCc1nc(-c2cccnc2)no1)NCC(=O)N1CCN(c2ccccc2)CC1. The van der Waals surface area contributed by atoms with Crippen LogP contribution in [0.4, 0.5) is 5.69 Å². The third-order valence-electron chi connectivity index (χ3n) is 5.14. The van der Waals surface area contributed by atoms with Crippen LogP contribution in [0.25, 0.3) is 11.4 Å². The molecule has 2 amide bonds. The molecule has 31 heavy (non-hydrogen) atoms. The maximum absolute atomic E-state index is 12.4. The Hall–Kier alpha value is -3.75. The van der Waals surface area contributed by atoms with Crippen molar-refractivity contribution in [3.05, 3.63) is 60.7 Å². The summed E-state index contributed by atoms with van der Waals surface area (Å²) in [6.45, 7) is 2.83. The molecule has 2 aromatic heterocycles. The van der Waals surface area contributed by atoms with Crippen LogP contribution in [0.15, 0.2) is 59.4 Å². The van der Waals surface area contributed by atoms with Crippen LogP contribution in [0.2, 0.25) is 0 Å². The molecule has 9 nitrogen and oxygen atoms in total. The third-order valence-corrected chi connectivity index (χ3v) is 5.14. The van der Waals surface area contributed by atoms with Gasteiger partial charge in [0.05, 0.1) is 6.54 Å². The number of carbonyl (C=O) groups excluding carboxylic acids is 2. The van der Waals surface area contributed by atoms with Crippen molar-refractivity contribution in [3.63, 3.8) is 0 Å². The predicted molar refractivity (Wildman–Crippen MR) is 114 cm³/mol. The third kappa shape index (κ3) is 5.44. The zero-order valence-corrected chi connectivity index (χ0v) is 17.1. The number of anilines is 1. The van der Waals surface area contributed by atoms with E-state index in [4.69, 9.17) is 4.52 Å². The van der Waals surface area contributed by atoms with Crippen molar-refractivity contribution in [2.75, 3.05) is 37.6 Å². The standard InChI is InChI=1S/C22H24N6O3/c29-19(8-9-20-25-22(26-31-20)17-5-4-10-23-15-17)24-16-21(30)28-13-11-27(12-14-28)18-6-2-1-3-7-18/h1-7,10,15H,8-9,11-14,16H2,(H,24,29). The van der Waals surface area contributed by atoms with Crippen molar-refractivity contribution in [2.24, 2.45) is 0 Å². The largest absolute Gasteiger partial charge is 0.368 e. The number of nitrogens with zero attached hydrogens (tertiary/aromatic N) is 5. The predicted octanol–water partition coefficient (Wildman–Crippen LogP) is 1.53. The van der Waals surface area contributed by atoms with Crippen molar-refractivity contribution < 1.29 is 14.1 Å². The highest BCUT2D eigenvalue weighted by molar-refractivity contribution is 5.85. The Balaban J connectivity index is 1.17. The number of aromatic nitrogens is 3.